The number of nitrogens with two attached hydrogens (primary N) is 1. The summed E-state index contributed by atoms with van der Waals surface area (Å²) < 4.78 is 1.07. The zero-order chi connectivity index (χ0) is 9.97. The number of anilines is 1. The third-order valence-corrected chi connectivity index (χ3v) is 2.98. The second kappa shape index (κ2) is 4.28. The van der Waals surface area contributed by atoms with Crippen molar-refractivity contribution in [2.75, 3.05) is 18.0 Å². The van der Waals surface area contributed by atoms with E-state index in [1.54, 1.807) is 0 Å². The van der Waals surface area contributed by atoms with Gasteiger partial charge in [-0.05, 0) is 25.0 Å². The van der Waals surface area contributed by atoms with Crippen molar-refractivity contribution in [3.05, 3.63) is 22.8 Å². The summed E-state index contributed by atoms with van der Waals surface area (Å²) in [6, 6.07) is 4.27. The molecular formula is C10H14BrN3. The van der Waals surface area contributed by atoms with Crippen LogP contribution >= 0.6 is 15.9 Å². The van der Waals surface area contributed by atoms with Gasteiger partial charge in [0, 0.05) is 29.8 Å². The van der Waals surface area contributed by atoms with Gasteiger partial charge in [0.15, 0.2) is 0 Å². The van der Waals surface area contributed by atoms with Crippen molar-refractivity contribution in [3.63, 3.8) is 0 Å². The summed E-state index contributed by atoms with van der Waals surface area (Å²) in [5, 5.41) is 0. The van der Waals surface area contributed by atoms with E-state index in [4.69, 9.17) is 5.73 Å². The molecule has 1 aromatic heterocycles. The Labute approximate surface area is 92.4 Å². The predicted octanol–water partition coefficient (Wildman–Crippen LogP) is 1.77. The number of pyridine rings is 1. The van der Waals surface area contributed by atoms with Crippen molar-refractivity contribution >= 4 is 21.7 Å². The summed E-state index contributed by atoms with van der Waals surface area (Å²) in [6.45, 7) is 1.99. The largest absolute Gasteiger partial charge is 0.355 e. The number of nitrogens with zero attached hydrogens (tertiary/aromatic N) is 2. The van der Waals surface area contributed by atoms with Crippen LogP contribution in [0.1, 0.15) is 12.8 Å². The Morgan fingerprint density at radius 2 is 2.43 bits per heavy atom. The van der Waals surface area contributed by atoms with E-state index in [2.05, 4.69) is 25.8 Å². The maximum Gasteiger partial charge on any atom is 0.129 e. The van der Waals surface area contributed by atoms with Crippen molar-refractivity contribution in [1.29, 1.82) is 0 Å². The summed E-state index contributed by atoms with van der Waals surface area (Å²) in [6.07, 6.45) is 4.11. The molecule has 14 heavy (non-hydrogen) atoms. The fraction of sp³-hybridized carbons (Fsp3) is 0.500. The number of piperidine rings is 1. The number of hydrogen-bond acceptors (Lipinski definition) is 3. The molecule has 0 aliphatic carbocycles. The molecule has 76 valence electrons. The Balaban J connectivity index is 2.14. The van der Waals surface area contributed by atoms with E-state index < -0.39 is 0 Å². The predicted molar refractivity (Wildman–Crippen MR) is 61.4 cm³/mol. The third kappa shape index (κ3) is 2.25. The van der Waals surface area contributed by atoms with Gasteiger partial charge in [0.05, 0.1) is 0 Å². The molecule has 1 aromatic rings. The van der Waals surface area contributed by atoms with E-state index in [1.165, 1.54) is 0 Å². The van der Waals surface area contributed by atoms with E-state index in [-0.39, 0.29) is 0 Å². The molecule has 4 heteroatoms. The van der Waals surface area contributed by atoms with E-state index in [0.29, 0.717) is 6.04 Å². The molecule has 1 aliphatic heterocycles. The fourth-order valence-electron chi connectivity index (χ4n) is 1.78. The van der Waals surface area contributed by atoms with Gasteiger partial charge in [0.1, 0.15) is 5.82 Å². The second-order valence-corrected chi connectivity index (χ2v) is 4.60. The normalized spacial score (nSPS) is 22.4. The Morgan fingerprint density at radius 3 is 3.14 bits per heavy atom. The quantitative estimate of drug-likeness (QED) is 0.832. The monoisotopic (exact) mass is 255 g/mol. The Hall–Kier alpha value is -0.610. The van der Waals surface area contributed by atoms with E-state index >= 15 is 0 Å². The highest BCUT2D eigenvalue weighted by Gasteiger charge is 2.17. The first-order valence-electron chi connectivity index (χ1n) is 4.88. The van der Waals surface area contributed by atoms with Gasteiger partial charge in [-0.3, -0.25) is 0 Å². The topological polar surface area (TPSA) is 42.1 Å². The molecule has 2 N–H and O–H groups in total. The summed E-state index contributed by atoms with van der Waals surface area (Å²) in [5.74, 6) is 1.02. The van der Waals surface area contributed by atoms with Crippen LogP contribution < -0.4 is 10.6 Å². The van der Waals surface area contributed by atoms with Crippen LogP contribution in [0.2, 0.25) is 0 Å². The van der Waals surface area contributed by atoms with Crippen LogP contribution in [0.3, 0.4) is 0 Å². The molecule has 0 amide bonds. The molecule has 1 atom stereocenters. The van der Waals surface area contributed by atoms with Crippen LogP contribution in [0.25, 0.3) is 0 Å². The number of rotatable bonds is 1. The van der Waals surface area contributed by atoms with Crippen molar-refractivity contribution in [1.82, 2.24) is 4.98 Å². The van der Waals surface area contributed by atoms with Crippen LogP contribution in [-0.4, -0.2) is 24.1 Å². The van der Waals surface area contributed by atoms with Crippen molar-refractivity contribution in [2.45, 2.75) is 18.9 Å². The van der Waals surface area contributed by atoms with Gasteiger partial charge < -0.3 is 10.6 Å². The minimum absolute atomic E-state index is 0.296. The van der Waals surface area contributed by atoms with Gasteiger partial charge in [0.25, 0.3) is 0 Å². The molecule has 0 bridgehead atoms. The van der Waals surface area contributed by atoms with E-state index in [9.17, 15) is 0 Å². The minimum Gasteiger partial charge on any atom is -0.355 e. The van der Waals surface area contributed by atoms with Crippen LogP contribution in [0.4, 0.5) is 5.82 Å². The molecule has 3 nitrogen and oxygen atoms in total. The second-order valence-electron chi connectivity index (χ2n) is 3.68. The summed E-state index contributed by atoms with van der Waals surface area (Å²) in [4.78, 5) is 6.59. The molecule has 1 aliphatic rings. The lowest BCUT2D eigenvalue weighted by molar-refractivity contribution is 0.503. The van der Waals surface area contributed by atoms with Crippen molar-refractivity contribution in [2.24, 2.45) is 5.73 Å². The first kappa shape index (κ1) is 9.93. The van der Waals surface area contributed by atoms with Crippen molar-refractivity contribution in [3.8, 4) is 0 Å². The van der Waals surface area contributed by atoms with Gasteiger partial charge in [-0.15, -0.1) is 0 Å². The Kier molecular flexibility index (Phi) is 3.03. The smallest absolute Gasteiger partial charge is 0.129 e. The van der Waals surface area contributed by atoms with Gasteiger partial charge in [-0.25, -0.2) is 4.98 Å². The summed E-state index contributed by atoms with van der Waals surface area (Å²) >= 11 is 3.45. The maximum absolute atomic E-state index is 5.92. The number of hydrogen-bond donors (Lipinski definition) is 1. The molecule has 2 rings (SSSR count). The molecule has 2 heterocycles. The third-order valence-electron chi connectivity index (χ3n) is 2.49. The van der Waals surface area contributed by atoms with E-state index in [1.807, 2.05) is 18.3 Å². The molecule has 1 fully saturated rings. The standard InChI is InChI=1S/C10H14BrN3/c11-8-3-4-13-10(6-8)14-5-1-2-9(12)7-14/h3-4,6,9H,1-2,5,7,12H2. The average Bonchev–Trinajstić information content (AvgIpc) is 2.18. The lowest BCUT2D eigenvalue weighted by atomic mass is 10.1. The lowest BCUT2D eigenvalue weighted by Crippen LogP contribution is -2.43. The lowest BCUT2D eigenvalue weighted by Gasteiger charge is -2.31. The summed E-state index contributed by atoms with van der Waals surface area (Å²) in [7, 11) is 0. The number of halogens is 1. The molecular weight excluding hydrogens is 242 g/mol. The fourth-order valence-corrected chi connectivity index (χ4v) is 2.11. The van der Waals surface area contributed by atoms with Gasteiger partial charge in [0.2, 0.25) is 0 Å². The van der Waals surface area contributed by atoms with Gasteiger partial charge in [-0.2, -0.15) is 0 Å². The van der Waals surface area contributed by atoms with Crippen LogP contribution in [0, 0.1) is 0 Å². The van der Waals surface area contributed by atoms with Crippen LogP contribution in [0.15, 0.2) is 22.8 Å². The molecule has 0 spiro atoms. The molecule has 0 radical (unpaired) electrons. The van der Waals surface area contributed by atoms with Crippen molar-refractivity contribution < 1.29 is 0 Å². The zero-order valence-electron chi connectivity index (χ0n) is 7.99. The first-order chi connectivity index (χ1) is 6.75. The summed E-state index contributed by atoms with van der Waals surface area (Å²) in [5.41, 5.74) is 5.92. The van der Waals surface area contributed by atoms with Crippen LogP contribution in [-0.2, 0) is 0 Å². The van der Waals surface area contributed by atoms with Gasteiger partial charge >= 0.3 is 0 Å². The Morgan fingerprint density at radius 1 is 1.57 bits per heavy atom. The van der Waals surface area contributed by atoms with Gasteiger partial charge in [-0.1, -0.05) is 15.9 Å². The number of aromatic nitrogens is 1. The molecule has 1 unspecified atom stereocenters. The highest BCUT2D eigenvalue weighted by Crippen LogP contribution is 2.20. The van der Waals surface area contributed by atoms with E-state index in [0.717, 1.165) is 36.2 Å². The highest BCUT2D eigenvalue weighted by atomic mass is 79.9. The zero-order valence-corrected chi connectivity index (χ0v) is 9.57. The minimum atomic E-state index is 0.296. The highest BCUT2D eigenvalue weighted by molar-refractivity contribution is 9.10. The Bertz CT molecular complexity index is 316. The SMILES string of the molecule is NC1CCCN(c2cc(Br)ccn2)C1. The van der Waals surface area contributed by atoms with Crippen LogP contribution in [0.5, 0.6) is 0 Å². The average molecular weight is 256 g/mol. The molecule has 1 saturated heterocycles. The molecule has 0 aromatic carbocycles. The maximum atomic E-state index is 5.92. The molecule has 0 saturated carbocycles. The first-order valence-corrected chi connectivity index (χ1v) is 5.67.